The first-order valence-electron chi connectivity index (χ1n) is 9.05. The first kappa shape index (κ1) is 17.9. The normalized spacial score (nSPS) is 14.4. The average Bonchev–Trinajstić information content (AvgIpc) is 2.74. The highest BCUT2D eigenvalue weighted by Gasteiger charge is 2.12. The van der Waals surface area contributed by atoms with Gasteiger partial charge in [0.25, 0.3) is 0 Å². The zero-order chi connectivity index (χ0) is 19.3. The van der Waals surface area contributed by atoms with Gasteiger partial charge in [0, 0.05) is 42.5 Å². The number of rotatable bonds is 4. The lowest BCUT2D eigenvalue weighted by Crippen LogP contribution is -2.35. The molecular formula is C22H19N5O. The molecule has 0 bridgehead atoms. The molecule has 3 aromatic rings. The summed E-state index contributed by atoms with van der Waals surface area (Å²) in [6, 6.07) is 11.4. The fourth-order valence-corrected chi connectivity index (χ4v) is 3.23. The molecule has 28 heavy (non-hydrogen) atoms. The number of hydrogen-bond acceptors (Lipinski definition) is 5. The van der Waals surface area contributed by atoms with E-state index in [9.17, 15) is 0 Å². The van der Waals surface area contributed by atoms with E-state index in [-0.39, 0.29) is 0 Å². The Morgan fingerprint density at radius 1 is 1.21 bits per heavy atom. The van der Waals surface area contributed by atoms with E-state index >= 15 is 0 Å². The van der Waals surface area contributed by atoms with Gasteiger partial charge in [0.1, 0.15) is 0 Å². The molecule has 0 aliphatic carbocycles. The van der Waals surface area contributed by atoms with Crippen LogP contribution in [0.5, 0.6) is 0 Å². The largest absolute Gasteiger partial charge is 0.379 e. The lowest BCUT2D eigenvalue weighted by molar-refractivity contribution is 0.0342. The van der Waals surface area contributed by atoms with Crippen molar-refractivity contribution in [3.05, 3.63) is 65.1 Å². The van der Waals surface area contributed by atoms with Crippen LogP contribution in [0, 0.1) is 18.9 Å². The number of anilines is 2. The van der Waals surface area contributed by atoms with Crippen LogP contribution in [-0.4, -0.2) is 41.2 Å². The number of ether oxygens (including phenoxy) is 1. The average molecular weight is 369 g/mol. The molecule has 1 fully saturated rings. The molecule has 1 saturated heterocycles. The van der Waals surface area contributed by atoms with Crippen LogP contribution in [-0.2, 0) is 11.3 Å². The molecule has 6 nitrogen and oxygen atoms in total. The van der Waals surface area contributed by atoms with E-state index in [2.05, 4.69) is 31.0 Å². The molecule has 0 spiro atoms. The lowest BCUT2D eigenvalue weighted by atomic mass is 10.1. The molecule has 6 heteroatoms. The second-order valence-electron chi connectivity index (χ2n) is 6.63. The molecule has 1 aliphatic rings. The van der Waals surface area contributed by atoms with E-state index < -0.39 is 0 Å². The Bertz CT molecular complexity index is 1090. The van der Waals surface area contributed by atoms with Crippen LogP contribution in [0.4, 0.5) is 17.3 Å². The van der Waals surface area contributed by atoms with E-state index in [0.29, 0.717) is 11.6 Å². The molecule has 0 saturated carbocycles. The Hall–Kier alpha value is -3.45. The first-order valence-corrected chi connectivity index (χ1v) is 9.05. The lowest BCUT2D eigenvalue weighted by Gasteiger charge is -2.26. The van der Waals surface area contributed by atoms with Crippen molar-refractivity contribution in [3.63, 3.8) is 0 Å². The number of benzene rings is 2. The fourth-order valence-electron chi connectivity index (χ4n) is 3.23. The molecule has 1 N–H and O–H groups in total. The molecular weight excluding hydrogens is 350 g/mol. The minimum atomic E-state index is 0.486. The number of morpholine rings is 1. The third kappa shape index (κ3) is 4.10. The van der Waals surface area contributed by atoms with Gasteiger partial charge in [0.05, 0.1) is 25.3 Å². The van der Waals surface area contributed by atoms with Crippen LogP contribution in [0.25, 0.3) is 15.7 Å². The zero-order valence-corrected chi connectivity index (χ0v) is 15.4. The van der Waals surface area contributed by atoms with Crippen LogP contribution >= 0.6 is 0 Å². The van der Waals surface area contributed by atoms with Gasteiger partial charge in [-0.3, -0.25) is 4.90 Å². The number of nitrogens with zero attached hydrogens (tertiary/aromatic N) is 4. The summed E-state index contributed by atoms with van der Waals surface area (Å²) in [5.74, 6) is 3.10. The molecule has 0 atom stereocenters. The third-order valence-corrected chi connectivity index (χ3v) is 4.62. The highest BCUT2D eigenvalue weighted by atomic mass is 16.5. The summed E-state index contributed by atoms with van der Waals surface area (Å²) < 4.78 is 5.40. The summed E-state index contributed by atoms with van der Waals surface area (Å²) in [5, 5.41) is 4.12. The van der Waals surface area contributed by atoms with Crippen LogP contribution < -0.4 is 5.32 Å². The second-order valence-corrected chi connectivity index (χ2v) is 6.63. The van der Waals surface area contributed by atoms with Crippen molar-refractivity contribution in [1.29, 1.82) is 0 Å². The molecule has 0 unspecified atom stereocenters. The predicted octanol–water partition coefficient (Wildman–Crippen LogP) is 3.74. The highest BCUT2D eigenvalue weighted by molar-refractivity contribution is 5.80. The molecule has 1 aromatic heterocycles. The zero-order valence-electron chi connectivity index (χ0n) is 15.4. The fraction of sp³-hybridized carbons (Fsp3) is 0.227. The van der Waals surface area contributed by atoms with Crippen molar-refractivity contribution in [1.82, 2.24) is 14.9 Å². The van der Waals surface area contributed by atoms with E-state index in [4.69, 9.17) is 17.7 Å². The summed E-state index contributed by atoms with van der Waals surface area (Å²) in [6.07, 6.45) is 7.19. The van der Waals surface area contributed by atoms with Gasteiger partial charge in [-0.15, -0.1) is 6.42 Å². The number of hydrogen-bond donors (Lipinski definition) is 1. The first-order chi connectivity index (χ1) is 13.7. The van der Waals surface area contributed by atoms with E-state index in [0.717, 1.165) is 60.6 Å². The number of terminal acetylenes is 1. The van der Waals surface area contributed by atoms with Crippen LogP contribution in [0.15, 0.2) is 42.6 Å². The van der Waals surface area contributed by atoms with Gasteiger partial charge < -0.3 is 10.1 Å². The van der Waals surface area contributed by atoms with E-state index in [1.165, 1.54) is 0 Å². The Morgan fingerprint density at radius 2 is 2.07 bits per heavy atom. The maximum Gasteiger partial charge on any atom is 0.227 e. The smallest absolute Gasteiger partial charge is 0.227 e. The van der Waals surface area contributed by atoms with Crippen molar-refractivity contribution in [2.24, 2.45) is 0 Å². The SMILES string of the molecule is [C-]#[N+]c1cc(CN2CCOCC2)cc(Nc2ncc3cc(C#C)ccc3n2)c1. The number of fused-ring (bicyclic) bond motifs is 1. The molecule has 138 valence electrons. The van der Waals surface area contributed by atoms with Crippen molar-refractivity contribution in [3.8, 4) is 12.3 Å². The molecule has 1 aliphatic heterocycles. The Kier molecular flexibility index (Phi) is 5.16. The summed E-state index contributed by atoms with van der Waals surface area (Å²) in [7, 11) is 0. The van der Waals surface area contributed by atoms with Crippen molar-refractivity contribution < 1.29 is 4.74 Å². The predicted molar refractivity (Wildman–Crippen MR) is 110 cm³/mol. The number of nitrogens with one attached hydrogen (secondary N) is 1. The minimum Gasteiger partial charge on any atom is -0.379 e. The van der Waals surface area contributed by atoms with Crippen molar-refractivity contribution in [2.45, 2.75) is 6.54 Å². The molecule has 4 rings (SSSR count). The Labute approximate surface area is 164 Å². The van der Waals surface area contributed by atoms with Gasteiger partial charge in [-0.2, -0.15) is 0 Å². The van der Waals surface area contributed by atoms with Crippen LogP contribution in [0.3, 0.4) is 0 Å². The van der Waals surface area contributed by atoms with Crippen molar-refractivity contribution >= 4 is 28.2 Å². The van der Waals surface area contributed by atoms with E-state index in [1.807, 2.05) is 36.4 Å². The molecule has 2 heterocycles. The topological polar surface area (TPSA) is 54.6 Å². The number of aromatic nitrogens is 2. The van der Waals surface area contributed by atoms with Crippen LogP contribution in [0.2, 0.25) is 0 Å². The van der Waals surface area contributed by atoms with Gasteiger partial charge in [0.15, 0.2) is 5.69 Å². The van der Waals surface area contributed by atoms with Gasteiger partial charge in [-0.25, -0.2) is 14.8 Å². The molecule has 2 aromatic carbocycles. The maximum atomic E-state index is 7.40. The van der Waals surface area contributed by atoms with Crippen molar-refractivity contribution in [2.75, 3.05) is 31.6 Å². The molecule has 0 amide bonds. The maximum absolute atomic E-state index is 7.40. The van der Waals surface area contributed by atoms with Gasteiger partial charge in [0.2, 0.25) is 5.95 Å². The monoisotopic (exact) mass is 369 g/mol. The Balaban J connectivity index is 1.58. The van der Waals surface area contributed by atoms with Crippen LogP contribution in [0.1, 0.15) is 11.1 Å². The summed E-state index contributed by atoms with van der Waals surface area (Å²) in [4.78, 5) is 14.9. The second kappa shape index (κ2) is 8.06. The standard InChI is InChI=1S/C22H19N5O/c1-3-16-4-5-21-18(10-16)14-24-22(26-21)25-20-12-17(11-19(13-20)23-2)15-27-6-8-28-9-7-27/h1,4-5,10-14H,6-9,15H2,(H,24,25,26). The van der Waals surface area contributed by atoms with Gasteiger partial charge in [-0.1, -0.05) is 12.0 Å². The van der Waals surface area contributed by atoms with E-state index in [1.54, 1.807) is 6.20 Å². The summed E-state index contributed by atoms with van der Waals surface area (Å²) >= 11 is 0. The highest BCUT2D eigenvalue weighted by Crippen LogP contribution is 2.25. The summed E-state index contributed by atoms with van der Waals surface area (Å²) in [5.41, 5.74) is 4.09. The minimum absolute atomic E-state index is 0.486. The quantitative estimate of drug-likeness (QED) is 0.561. The third-order valence-electron chi connectivity index (χ3n) is 4.62. The summed E-state index contributed by atoms with van der Waals surface area (Å²) in [6.45, 7) is 11.5. The van der Waals surface area contributed by atoms with Gasteiger partial charge >= 0.3 is 0 Å². The van der Waals surface area contributed by atoms with Gasteiger partial charge in [-0.05, 0) is 35.9 Å². The Morgan fingerprint density at radius 3 is 2.86 bits per heavy atom. The molecule has 0 radical (unpaired) electrons.